The molecule has 0 saturated heterocycles. The van der Waals surface area contributed by atoms with Gasteiger partial charge in [-0.05, 0) is 4.07 Å². The normalized spacial score (nSPS) is 10.3. The molecule has 1 rings (SSSR count). The average Bonchev–Trinajstić information content (AvgIpc) is 2.12. The summed E-state index contributed by atoms with van der Waals surface area (Å²) in [5, 5.41) is 5.78. The molecule has 0 unspecified atom stereocenters. The van der Waals surface area contributed by atoms with Crippen molar-refractivity contribution >= 4 is 18.8 Å². The molecule has 0 bridgehead atoms. The van der Waals surface area contributed by atoms with Crippen molar-refractivity contribution in [2.45, 2.75) is 0 Å². The van der Waals surface area contributed by atoms with Crippen LogP contribution in [0.5, 0.6) is 0 Å². The van der Waals surface area contributed by atoms with E-state index in [1.54, 1.807) is 21.8 Å². The van der Waals surface area contributed by atoms with E-state index in [1.165, 1.54) is 0 Å². The van der Waals surface area contributed by atoms with Crippen molar-refractivity contribution in [2.24, 2.45) is 7.05 Å². The van der Waals surface area contributed by atoms with Crippen molar-refractivity contribution in [3.8, 4) is 0 Å². The monoisotopic (exact) mass is 188 g/mol. The van der Waals surface area contributed by atoms with Gasteiger partial charge in [0.1, 0.15) is 6.20 Å². The lowest BCUT2D eigenvalue weighted by Gasteiger charge is -1.94. The van der Waals surface area contributed by atoms with E-state index in [0.29, 0.717) is 0 Å². The van der Waals surface area contributed by atoms with Crippen LogP contribution in [0.2, 0.25) is 0 Å². The third-order valence-corrected chi connectivity index (χ3v) is 1.15. The lowest BCUT2D eigenvalue weighted by molar-refractivity contribution is -0.663. The first-order valence-electron chi connectivity index (χ1n) is 2.53. The van der Waals surface area contributed by atoms with Crippen LogP contribution in [-0.4, -0.2) is 12.4 Å². The standard InChI is InChI=1S/C3H5N2S.BF4/c1-5-4-2-3-6-5;2-1(3,4)5/h2-3H,1H3;/q+1;-1. The molecule has 0 saturated carbocycles. The fourth-order valence-corrected chi connectivity index (χ4v) is 0.657. The first kappa shape index (κ1) is 10.3. The number of hydrogen-bond acceptors (Lipinski definition) is 2. The zero-order valence-electron chi connectivity index (χ0n) is 5.55. The van der Waals surface area contributed by atoms with Gasteiger partial charge in [0.05, 0.1) is 5.38 Å². The van der Waals surface area contributed by atoms with E-state index in [2.05, 4.69) is 5.10 Å². The van der Waals surface area contributed by atoms with Crippen LogP contribution in [0.4, 0.5) is 17.3 Å². The zero-order chi connectivity index (χ0) is 8.91. The van der Waals surface area contributed by atoms with Crippen molar-refractivity contribution in [3.63, 3.8) is 0 Å². The predicted molar refractivity (Wildman–Crippen MR) is 33.5 cm³/mol. The zero-order valence-corrected chi connectivity index (χ0v) is 6.36. The fourth-order valence-electron chi connectivity index (χ4n) is 0.264. The van der Waals surface area contributed by atoms with Crippen LogP contribution in [0.1, 0.15) is 0 Å². The molecule has 0 atom stereocenters. The van der Waals surface area contributed by atoms with Crippen molar-refractivity contribution in [2.75, 3.05) is 0 Å². The lowest BCUT2D eigenvalue weighted by Crippen LogP contribution is -2.24. The van der Waals surface area contributed by atoms with Gasteiger partial charge >= 0.3 is 7.25 Å². The first-order valence-corrected chi connectivity index (χ1v) is 3.37. The highest BCUT2D eigenvalue weighted by atomic mass is 32.1. The Balaban J connectivity index is 0.000000187. The van der Waals surface area contributed by atoms with Gasteiger partial charge < -0.3 is 17.3 Å². The van der Waals surface area contributed by atoms with Gasteiger partial charge in [0.25, 0.3) is 0 Å². The Bertz CT molecular complexity index is 180. The van der Waals surface area contributed by atoms with Crippen molar-refractivity contribution < 1.29 is 21.3 Å². The topological polar surface area (TPSA) is 16.8 Å². The second-order valence-corrected chi connectivity index (χ2v) is 2.48. The van der Waals surface area contributed by atoms with Gasteiger partial charge in [0.15, 0.2) is 18.6 Å². The van der Waals surface area contributed by atoms with E-state index in [0.717, 1.165) is 0 Å². The molecule has 0 aliphatic carbocycles. The molecule has 0 aliphatic rings. The number of halogens is 4. The molecule has 64 valence electrons. The summed E-state index contributed by atoms with van der Waals surface area (Å²) in [6.07, 6.45) is 1.77. The Morgan fingerprint density at radius 3 is 1.91 bits per heavy atom. The molecule has 1 heterocycles. The van der Waals surface area contributed by atoms with E-state index in [1.807, 2.05) is 12.4 Å². The fraction of sp³-hybridized carbons (Fsp3) is 0.333. The van der Waals surface area contributed by atoms with Gasteiger partial charge in [0, 0.05) is 5.10 Å². The van der Waals surface area contributed by atoms with Gasteiger partial charge in [-0.2, -0.15) is 0 Å². The Morgan fingerprint density at radius 2 is 1.82 bits per heavy atom. The largest absolute Gasteiger partial charge is 0.673 e. The van der Waals surface area contributed by atoms with Crippen LogP contribution in [0.15, 0.2) is 11.6 Å². The Hall–Kier alpha value is -0.655. The maximum absolute atomic E-state index is 9.75. The minimum absolute atomic E-state index is 1.58. The SMILES string of the molecule is C[n+]1nccs1.F[B-](F)(F)F. The highest BCUT2D eigenvalue weighted by molar-refractivity contribution is 6.99. The molecule has 0 N–H and O–H groups in total. The number of nitrogens with zero attached hydrogens (tertiary/aromatic N) is 2. The van der Waals surface area contributed by atoms with Crippen LogP contribution in [0.3, 0.4) is 0 Å². The third kappa shape index (κ3) is 12.5. The van der Waals surface area contributed by atoms with E-state index < -0.39 is 7.25 Å². The summed E-state index contributed by atoms with van der Waals surface area (Å²) in [7, 11) is -4.09. The summed E-state index contributed by atoms with van der Waals surface area (Å²) in [5.41, 5.74) is 0. The van der Waals surface area contributed by atoms with E-state index >= 15 is 0 Å². The molecule has 1 aromatic rings. The van der Waals surface area contributed by atoms with E-state index in [-0.39, 0.29) is 0 Å². The summed E-state index contributed by atoms with van der Waals surface area (Å²) >= 11 is 1.58. The molecule has 0 spiro atoms. The Kier molecular flexibility index (Phi) is 4.02. The molecule has 0 fully saturated rings. The molecular formula is C3H5BF4N2S. The number of aromatic nitrogens is 2. The second-order valence-electron chi connectivity index (χ2n) is 1.47. The minimum Gasteiger partial charge on any atom is -0.418 e. The highest BCUT2D eigenvalue weighted by Crippen LogP contribution is 2.06. The van der Waals surface area contributed by atoms with Crippen LogP contribution in [-0.2, 0) is 7.05 Å². The molecule has 0 aromatic carbocycles. The van der Waals surface area contributed by atoms with Gasteiger partial charge in [-0.3, -0.25) is 0 Å². The van der Waals surface area contributed by atoms with Crippen LogP contribution in [0, 0.1) is 0 Å². The van der Waals surface area contributed by atoms with Gasteiger partial charge in [-0.25, -0.2) is 0 Å². The summed E-state index contributed by atoms with van der Waals surface area (Å²) in [6, 6.07) is 0. The summed E-state index contributed by atoms with van der Waals surface area (Å²) in [5.74, 6) is 0. The summed E-state index contributed by atoms with van der Waals surface area (Å²) < 4.78 is 40.8. The van der Waals surface area contributed by atoms with Crippen LogP contribution >= 0.6 is 11.5 Å². The maximum Gasteiger partial charge on any atom is 0.673 e. The minimum atomic E-state index is -6.00. The molecule has 1 aromatic heterocycles. The lowest BCUT2D eigenvalue weighted by atomic mass is 10.3. The average molecular weight is 188 g/mol. The summed E-state index contributed by atoms with van der Waals surface area (Å²) in [6.45, 7) is 0. The van der Waals surface area contributed by atoms with Gasteiger partial charge in [-0.1, -0.05) is 0 Å². The van der Waals surface area contributed by atoms with Crippen LogP contribution < -0.4 is 4.07 Å². The molecule has 0 aliphatic heterocycles. The molecule has 2 nitrogen and oxygen atoms in total. The van der Waals surface area contributed by atoms with Crippen LogP contribution in [0.25, 0.3) is 0 Å². The van der Waals surface area contributed by atoms with Crippen molar-refractivity contribution in [1.82, 2.24) is 5.10 Å². The Morgan fingerprint density at radius 1 is 1.36 bits per heavy atom. The number of hydrogen-bond donors (Lipinski definition) is 0. The Labute approximate surface area is 64.7 Å². The quantitative estimate of drug-likeness (QED) is 0.340. The van der Waals surface area contributed by atoms with E-state index in [4.69, 9.17) is 0 Å². The molecule has 8 heteroatoms. The van der Waals surface area contributed by atoms with Crippen molar-refractivity contribution in [3.05, 3.63) is 11.6 Å². The van der Waals surface area contributed by atoms with Gasteiger partial charge in [0.2, 0.25) is 0 Å². The molecule has 11 heavy (non-hydrogen) atoms. The van der Waals surface area contributed by atoms with Gasteiger partial charge in [-0.15, -0.1) is 0 Å². The predicted octanol–water partition coefficient (Wildman–Crippen LogP) is 1.27. The molecule has 0 radical (unpaired) electrons. The number of rotatable bonds is 0. The van der Waals surface area contributed by atoms with E-state index in [9.17, 15) is 17.3 Å². The third-order valence-electron chi connectivity index (χ3n) is 0.504. The maximum atomic E-state index is 9.75. The number of aryl methyl sites for hydroxylation is 1. The second kappa shape index (κ2) is 4.27. The molecular weight excluding hydrogens is 183 g/mol. The highest BCUT2D eigenvalue weighted by Gasteiger charge is 2.20. The smallest absolute Gasteiger partial charge is 0.418 e. The first-order chi connectivity index (χ1) is 4.89. The van der Waals surface area contributed by atoms with Crippen molar-refractivity contribution in [1.29, 1.82) is 0 Å². The molecule has 0 amide bonds. The summed E-state index contributed by atoms with van der Waals surface area (Å²) in [4.78, 5) is 0.